The van der Waals surface area contributed by atoms with Crippen LogP contribution < -0.4 is 4.74 Å². The first kappa shape index (κ1) is 13.5. The third-order valence-corrected chi connectivity index (χ3v) is 3.05. The summed E-state index contributed by atoms with van der Waals surface area (Å²) in [4.78, 5) is 0. The van der Waals surface area contributed by atoms with Gasteiger partial charge in [-0.3, -0.25) is 0 Å². The Balaban J connectivity index is 2.30. The van der Waals surface area contributed by atoms with Crippen molar-refractivity contribution < 1.29 is 4.74 Å². The lowest BCUT2D eigenvalue weighted by Crippen LogP contribution is -2.04. The number of rotatable bonds is 4. The van der Waals surface area contributed by atoms with Crippen LogP contribution in [0.25, 0.3) is 11.3 Å². The minimum atomic E-state index is 0.518. The van der Waals surface area contributed by atoms with Crippen molar-refractivity contribution >= 4 is 0 Å². The smallest absolute Gasteiger partial charge is 0.119 e. The van der Waals surface area contributed by atoms with Crippen molar-refractivity contribution in [2.24, 2.45) is 5.92 Å². The van der Waals surface area contributed by atoms with Gasteiger partial charge in [0.25, 0.3) is 0 Å². The van der Waals surface area contributed by atoms with E-state index in [1.807, 2.05) is 31.2 Å². The molecule has 3 heteroatoms. The van der Waals surface area contributed by atoms with Crippen molar-refractivity contribution in [3.8, 4) is 17.0 Å². The Morgan fingerprint density at radius 3 is 2.74 bits per heavy atom. The van der Waals surface area contributed by atoms with Crippen molar-refractivity contribution in [3.63, 3.8) is 0 Å². The van der Waals surface area contributed by atoms with E-state index in [9.17, 15) is 0 Å². The molecule has 0 bridgehead atoms. The van der Waals surface area contributed by atoms with Crippen LogP contribution in [0.15, 0.2) is 30.5 Å². The molecule has 19 heavy (non-hydrogen) atoms. The molecule has 100 valence electrons. The molecule has 0 aliphatic heterocycles. The highest BCUT2D eigenvalue weighted by atomic mass is 16.5. The van der Waals surface area contributed by atoms with E-state index in [-0.39, 0.29) is 0 Å². The molecule has 2 rings (SSSR count). The van der Waals surface area contributed by atoms with E-state index in [4.69, 9.17) is 4.74 Å². The van der Waals surface area contributed by atoms with Gasteiger partial charge in [-0.25, -0.2) is 0 Å². The molecule has 0 aliphatic rings. The number of aromatic nitrogens is 2. The summed E-state index contributed by atoms with van der Waals surface area (Å²) in [5.74, 6) is 1.40. The summed E-state index contributed by atoms with van der Waals surface area (Å²) in [6.07, 6.45) is 1.79. The zero-order valence-electron chi connectivity index (χ0n) is 12.0. The molecule has 0 radical (unpaired) electrons. The van der Waals surface area contributed by atoms with Crippen LogP contribution in [-0.4, -0.2) is 16.8 Å². The number of nitrogens with zero attached hydrogens (tertiary/aromatic N) is 2. The zero-order valence-corrected chi connectivity index (χ0v) is 12.0. The SMILES string of the molecule is Cc1cnnc(-c2cccc(OCC(C)C)c2)c1C. The highest BCUT2D eigenvalue weighted by molar-refractivity contribution is 5.64. The molecule has 0 spiro atoms. The van der Waals surface area contributed by atoms with Crippen LogP contribution in [0, 0.1) is 19.8 Å². The molecule has 0 saturated heterocycles. The maximum atomic E-state index is 5.75. The first-order chi connectivity index (χ1) is 9.08. The van der Waals surface area contributed by atoms with E-state index in [2.05, 4.69) is 31.0 Å². The second-order valence-electron chi connectivity index (χ2n) is 5.23. The maximum absolute atomic E-state index is 5.75. The summed E-state index contributed by atoms with van der Waals surface area (Å²) in [5.41, 5.74) is 4.29. The topological polar surface area (TPSA) is 35.0 Å². The molecule has 0 N–H and O–H groups in total. The Labute approximate surface area is 114 Å². The van der Waals surface area contributed by atoms with Gasteiger partial charge in [-0.2, -0.15) is 10.2 Å². The Hall–Kier alpha value is -1.90. The van der Waals surface area contributed by atoms with Crippen molar-refractivity contribution in [3.05, 3.63) is 41.6 Å². The predicted molar refractivity (Wildman–Crippen MR) is 77.3 cm³/mol. The van der Waals surface area contributed by atoms with Gasteiger partial charge < -0.3 is 4.74 Å². The number of hydrogen-bond acceptors (Lipinski definition) is 3. The van der Waals surface area contributed by atoms with Crippen LogP contribution in [-0.2, 0) is 0 Å². The van der Waals surface area contributed by atoms with Gasteiger partial charge in [-0.1, -0.05) is 26.0 Å². The van der Waals surface area contributed by atoms with Crippen LogP contribution in [0.3, 0.4) is 0 Å². The first-order valence-corrected chi connectivity index (χ1v) is 6.60. The Morgan fingerprint density at radius 1 is 1.21 bits per heavy atom. The quantitative estimate of drug-likeness (QED) is 0.834. The first-order valence-electron chi connectivity index (χ1n) is 6.60. The van der Waals surface area contributed by atoms with E-state index < -0.39 is 0 Å². The van der Waals surface area contributed by atoms with Gasteiger partial charge in [0.05, 0.1) is 18.5 Å². The van der Waals surface area contributed by atoms with E-state index >= 15 is 0 Å². The van der Waals surface area contributed by atoms with Crippen LogP contribution in [0.2, 0.25) is 0 Å². The number of aryl methyl sites for hydroxylation is 1. The van der Waals surface area contributed by atoms with Crippen molar-refractivity contribution in [2.45, 2.75) is 27.7 Å². The fourth-order valence-electron chi connectivity index (χ4n) is 1.80. The average molecular weight is 256 g/mol. The van der Waals surface area contributed by atoms with E-state index in [0.29, 0.717) is 5.92 Å². The molecule has 0 amide bonds. The average Bonchev–Trinajstić information content (AvgIpc) is 2.40. The van der Waals surface area contributed by atoms with Gasteiger partial charge in [-0.15, -0.1) is 0 Å². The van der Waals surface area contributed by atoms with E-state index in [1.165, 1.54) is 0 Å². The third-order valence-electron chi connectivity index (χ3n) is 3.05. The summed E-state index contributed by atoms with van der Waals surface area (Å²) in [6, 6.07) is 8.04. The van der Waals surface area contributed by atoms with Gasteiger partial charge in [0.15, 0.2) is 0 Å². The number of ether oxygens (including phenoxy) is 1. The maximum Gasteiger partial charge on any atom is 0.119 e. The predicted octanol–water partition coefficient (Wildman–Crippen LogP) is 3.80. The third kappa shape index (κ3) is 3.31. The molecule has 2 aromatic rings. The molecule has 1 aromatic heterocycles. The normalized spacial score (nSPS) is 10.8. The van der Waals surface area contributed by atoms with Gasteiger partial charge in [0.1, 0.15) is 5.75 Å². The lowest BCUT2D eigenvalue weighted by molar-refractivity contribution is 0.271. The monoisotopic (exact) mass is 256 g/mol. The molecule has 1 aromatic carbocycles. The van der Waals surface area contributed by atoms with Gasteiger partial charge in [0, 0.05) is 5.56 Å². The molecular formula is C16H20N2O. The minimum Gasteiger partial charge on any atom is -0.493 e. The molecule has 0 aliphatic carbocycles. The molecular weight excluding hydrogens is 236 g/mol. The van der Waals surface area contributed by atoms with Crippen LogP contribution in [0.5, 0.6) is 5.75 Å². The second-order valence-corrected chi connectivity index (χ2v) is 5.23. The highest BCUT2D eigenvalue weighted by Gasteiger charge is 2.07. The van der Waals surface area contributed by atoms with Crippen LogP contribution in [0.1, 0.15) is 25.0 Å². The van der Waals surface area contributed by atoms with Crippen molar-refractivity contribution in [2.75, 3.05) is 6.61 Å². The van der Waals surface area contributed by atoms with Gasteiger partial charge in [0.2, 0.25) is 0 Å². The van der Waals surface area contributed by atoms with Crippen LogP contribution in [0.4, 0.5) is 0 Å². The molecule has 0 atom stereocenters. The molecule has 0 saturated carbocycles. The minimum absolute atomic E-state index is 0.518. The largest absolute Gasteiger partial charge is 0.493 e. The lowest BCUT2D eigenvalue weighted by Gasteiger charge is -2.11. The summed E-state index contributed by atoms with van der Waals surface area (Å²) in [7, 11) is 0. The molecule has 0 unspecified atom stereocenters. The second kappa shape index (κ2) is 5.83. The fraction of sp³-hybridized carbons (Fsp3) is 0.375. The Kier molecular flexibility index (Phi) is 4.15. The highest BCUT2D eigenvalue weighted by Crippen LogP contribution is 2.25. The Bertz CT molecular complexity index is 564. The summed E-state index contributed by atoms with van der Waals surface area (Å²) in [6.45, 7) is 9.12. The van der Waals surface area contributed by atoms with Crippen LogP contribution >= 0.6 is 0 Å². The summed E-state index contributed by atoms with van der Waals surface area (Å²) >= 11 is 0. The molecule has 3 nitrogen and oxygen atoms in total. The van der Waals surface area contributed by atoms with Crippen molar-refractivity contribution in [1.29, 1.82) is 0 Å². The van der Waals surface area contributed by atoms with Crippen molar-refractivity contribution in [1.82, 2.24) is 10.2 Å². The summed E-state index contributed by atoms with van der Waals surface area (Å²) in [5, 5.41) is 8.27. The Morgan fingerprint density at radius 2 is 2.00 bits per heavy atom. The van der Waals surface area contributed by atoms with E-state index in [1.54, 1.807) is 6.20 Å². The standard InChI is InChI=1S/C16H20N2O/c1-11(2)10-19-15-7-5-6-14(8-15)16-13(4)12(3)9-17-18-16/h5-9,11H,10H2,1-4H3. The number of hydrogen-bond donors (Lipinski definition) is 0. The summed E-state index contributed by atoms with van der Waals surface area (Å²) < 4.78 is 5.75. The number of benzene rings is 1. The zero-order chi connectivity index (χ0) is 13.8. The molecule has 0 fully saturated rings. The van der Waals surface area contributed by atoms with Gasteiger partial charge in [-0.05, 0) is 43.0 Å². The lowest BCUT2D eigenvalue weighted by atomic mass is 10.0. The fourth-order valence-corrected chi connectivity index (χ4v) is 1.80. The van der Waals surface area contributed by atoms with Gasteiger partial charge >= 0.3 is 0 Å². The molecule has 1 heterocycles. The van der Waals surface area contributed by atoms with E-state index in [0.717, 1.165) is 34.7 Å².